The van der Waals surface area contributed by atoms with E-state index in [0.717, 1.165) is 38.2 Å². The Hall–Kier alpha value is -2.70. The van der Waals surface area contributed by atoms with E-state index in [1.807, 2.05) is 35.6 Å². The molecule has 2 aromatic rings. The maximum atomic E-state index is 12.9. The highest BCUT2D eigenvalue weighted by Gasteiger charge is 2.37. The van der Waals surface area contributed by atoms with Crippen molar-refractivity contribution >= 4 is 11.8 Å². The van der Waals surface area contributed by atoms with Crippen molar-refractivity contribution in [2.24, 2.45) is 11.8 Å². The van der Waals surface area contributed by atoms with E-state index in [9.17, 15) is 9.59 Å². The molecule has 27 heavy (non-hydrogen) atoms. The zero-order valence-electron chi connectivity index (χ0n) is 15.4. The van der Waals surface area contributed by atoms with Crippen molar-refractivity contribution in [1.82, 2.24) is 24.3 Å². The van der Waals surface area contributed by atoms with Gasteiger partial charge in [-0.05, 0) is 30.9 Å². The lowest BCUT2D eigenvalue weighted by atomic mass is 9.95. The van der Waals surface area contributed by atoms with Gasteiger partial charge in [-0.2, -0.15) is 0 Å². The minimum atomic E-state index is -0.216. The number of amides is 2. The molecular formula is C20H25N5O2. The lowest BCUT2D eigenvalue weighted by molar-refractivity contribution is -0.137. The van der Waals surface area contributed by atoms with E-state index >= 15 is 0 Å². The summed E-state index contributed by atoms with van der Waals surface area (Å²) in [6, 6.07) is 5.69. The Kier molecular flexibility index (Phi) is 5.18. The molecule has 2 aliphatic heterocycles. The summed E-state index contributed by atoms with van der Waals surface area (Å²) in [7, 11) is 0. The molecule has 1 atom stereocenters. The van der Waals surface area contributed by atoms with Crippen LogP contribution in [0.5, 0.6) is 0 Å². The highest BCUT2D eigenvalue weighted by atomic mass is 16.2. The number of nitrogens with zero attached hydrogens (tertiary/aromatic N) is 5. The van der Waals surface area contributed by atoms with Gasteiger partial charge < -0.3 is 14.4 Å². The number of aromatic nitrogens is 3. The molecule has 142 valence electrons. The van der Waals surface area contributed by atoms with Gasteiger partial charge in [-0.25, -0.2) is 4.98 Å². The van der Waals surface area contributed by atoms with E-state index in [4.69, 9.17) is 0 Å². The van der Waals surface area contributed by atoms with E-state index in [2.05, 4.69) is 14.5 Å². The Balaban J connectivity index is 1.28. The van der Waals surface area contributed by atoms with Crippen LogP contribution >= 0.6 is 0 Å². The summed E-state index contributed by atoms with van der Waals surface area (Å²) in [4.78, 5) is 37.3. The molecular weight excluding hydrogens is 342 g/mol. The minimum Gasteiger partial charge on any atom is -0.342 e. The van der Waals surface area contributed by atoms with Crippen molar-refractivity contribution in [1.29, 1.82) is 0 Å². The molecule has 0 aromatic carbocycles. The van der Waals surface area contributed by atoms with Crippen LogP contribution in [0.1, 0.15) is 25.0 Å². The standard InChI is InChI=1S/C20H25N5O2/c26-19-11-17(13-25(19)14-18-3-1-2-6-22-18)20(27)24-8-4-16(5-9-24)12-23-10-7-21-15-23/h1-3,6-7,10,15-17H,4-5,8-9,11-14H2. The third kappa shape index (κ3) is 4.18. The Morgan fingerprint density at radius 1 is 1.19 bits per heavy atom. The molecule has 0 spiro atoms. The lowest BCUT2D eigenvalue weighted by Gasteiger charge is -2.33. The molecule has 0 aliphatic carbocycles. The third-order valence-electron chi connectivity index (χ3n) is 5.60. The number of pyridine rings is 1. The van der Waals surface area contributed by atoms with Gasteiger partial charge in [-0.15, -0.1) is 0 Å². The molecule has 7 heteroatoms. The maximum absolute atomic E-state index is 12.9. The number of carbonyl (C=O) groups excluding carboxylic acids is 2. The summed E-state index contributed by atoms with van der Waals surface area (Å²) in [5.41, 5.74) is 0.860. The van der Waals surface area contributed by atoms with Crippen molar-refractivity contribution in [2.75, 3.05) is 19.6 Å². The molecule has 0 bridgehead atoms. The van der Waals surface area contributed by atoms with Crippen LogP contribution in [0.15, 0.2) is 43.1 Å². The second kappa shape index (κ2) is 7.90. The van der Waals surface area contributed by atoms with Gasteiger partial charge in [0, 0.05) is 51.2 Å². The first-order valence-electron chi connectivity index (χ1n) is 9.61. The number of rotatable bonds is 5. The average Bonchev–Trinajstić information content (AvgIpc) is 3.33. The molecule has 2 aromatic heterocycles. The molecule has 7 nitrogen and oxygen atoms in total. The van der Waals surface area contributed by atoms with Crippen molar-refractivity contribution in [3.05, 3.63) is 48.8 Å². The SMILES string of the molecule is O=C1CC(C(=O)N2CCC(Cn3ccnc3)CC2)CN1Cc1ccccn1. The second-order valence-electron chi connectivity index (χ2n) is 7.52. The van der Waals surface area contributed by atoms with E-state index in [0.29, 0.717) is 25.4 Å². The van der Waals surface area contributed by atoms with Crippen molar-refractivity contribution in [3.63, 3.8) is 0 Å². The highest BCUT2D eigenvalue weighted by Crippen LogP contribution is 2.25. The third-order valence-corrected chi connectivity index (χ3v) is 5.60. The number of hydrogen-bond acceptors (Lipinski definition) is 4. The van der Waals surface area contributed by atoms with Crippen molar-refractivity contribution < 1.29 is 9.59 Å². The van der Waals surface area contributed by atoms with Crippen LogP contribution in [0.25, 0.3) is 0 Å². The van der Waals surface area contributed by atoms with Crippen LogP contribution in [-0.4, -0.2) is 55.8 Å². The van der Waals surface area contributed by atoms with Gasteiger partial charge in [-0.3, -0.25) is 14.6 Å². The molecule has 0 saturated carbocycles. The first-order chi connectivity index (χ1) is 13.2. The van der Waals surface area contributed by atoms with Crippen LogP contribution in [0.2, 0.25) is 0 Å². The van der Waals surface area contributed by atoms with Gasteiger partial charge in [0.15, 0.2) is 0 Å². The number of imidazole rings is 1. The Labute approximate surface area is 159 Å². The topological polar surface area (TPSA) is 71.3 Å². The van der Waals surface area contributed by atoms with Gasteiger partial charge in [0.1, 0.15) is 0 Å². The van der Waals surface area contributed by atoms with Gasteiger partial charge in [0.25, 0.3) is 0 Å². The van der Waals surface area contributed by atoms with E-state index in [-0.39, 0.29) is 17.7 Å². The molecule has 2 aliphatic rings. The molecule has 0 N–H and O–H groups in total. The summed E-state index contributed by atoms with van der Waals surface area (Å²) in [6.07, 6.45) is 9.68. The smallest absolute Gasteiger partial charge is 0.227 e. The number of piperidine rings is 1. The maximum Gasteiger partial charge on any atom is 0.227 e. The Bertz CT molecular complexity index is 769. The van der Waals surface area contributed by atoms with Crippen LogP contribution in [0, 0.1) is 11.8 Å². The predicted molar refractivity (Wildman–Crippen MR) is 99.3 cm³/mol. The molecule has 2 amide bonds. The fraction of sp³-hybridized carbons (Fsp3) is 0.500. The van der Waals surface area contributed by atoms with Crippen LogP contribution in [-0.2, 0) is 22.7 Å². The van der Waals surface area contributed by atoms with Gasteiger partial charge in [0.05, 0.1) is 24.5 Å². The zero-order chi connectivity index (χ0) is 18.6. The quantitative estimate of drug-likeness (QED) is 0.804. The minimum absolute atomic E-state index is 0.0500. The zero-order valence-corrected chi connectivity index (χ0v) is 15.4. The summed E-state index contributed by atoms with van der Waals surface area (Å²) < 4.78 is 2.10. The fourth-order valence-electron chi connectivity index (χ4n) is 4.06. The molecule has 1 unspecified atom stereocenters. The number of likely N-dealkylation sites (tertiary alicyclic amines) is 2. The summed E-state index contributed by atoms with van der Waals surface area (Å²) in [6.45, 7) is 3.51. The predicted octanol–water partition coefficient (Wildman–Crippen LogP) is 1.57. The normalized spacial score (nSPS) is 21.0. The van der Waals surface area contributed by atoms with Crippen LogP contribution < -0.4 is 0 Å². The van der Waals surface area contributed by atoms with Gasteiger partial charge in [-0.1, -0.05) is 6.07 Å². The van der Waals surface area contributed by atoms with Crippen molar-refractivity contribution in [3.8, 4) is 0 Å². The van der Waals surface area contributed by atoms with Gasteiger partial charge in [0.2, 0.25) is 11.8 Å². The van der Waals surface area contributed by atoms with Crippen LogP contribution in [0.4, 0.5) is 0 Å². The Morgan fingerprint density at radius 2 is 2.04 bits per heavy atom. The van der Waals surface area contributed by atoms with E-state index in [1.54, 1.807) is 17.3 Å². The van der Waals surface area contributed by atoms with E-state index in [1.165, 1.54) is 0 Å². The summed E-state index contributed by atoms with van der Waals surface area (Å²) in [5.74, 6) is 0.544. The van der Waals surface area contributed by atoms with Gasteiger partial charge >= 0.3 is 0 Å². The fourth-order valence-corrected chi connectivity index (χ4v) is 4.06. The molecule has 2 fully saturated rings. The first-order valence-corrected chi connectivity index (χ1v) is 9.61. The first kappa shape index (κ1) is 17.7. The molecule has 2 saturated heterocycles. The largest absolute Gasteiger partial charge is 0.342 e. The monoisotopic (exact) mass is 367 g/mol. The highest BCUT2D eigenvalue weighted by molar-refractivity contribution is 5.89. The lowest BCUT2D eigenvalue weighted by Crippen LogP contribution is -2.43. The van der Waals surface area contributed by atoms with Crippen LogP contribution in [0.3, 0.4) is 0 Å². The Morgan fingerprint density at radius 3 is 2.74 bits per heavy atom. The average molecular weight is 367 g/mol. The molecule has 4 heterocycles. The number of carbonyl (C=O) groups is 2. The summed E-state index contributed by atoms with van der Waals surface area (Å²) in [5, 5.41) is 0. The molecule has 4 rings (SSSR count). The molecule has 0 radical (unpaired) electrons. The number of hydrogen-bond donors (Lipinski definition) is 0. The summed E-state index contributed by atoms with van der Waals surface area (Å²) >= 11 is 0. The van der Waals surface area contributed by atoms with E-state index < -0.39 is 0 Å². The van der Waals surface area contributed by atoms with Crippen molar-refractivity contribution in [2.45, 2.75) is 32.4 Å². The second-order valence-corrected chi connectivity index (χ2v) is 7.52.